The largest absolute Gasteiger partial charge is 0.319 e. The van der Waals surface area contributed by atoms with E-state index in [1.807, 2.05) is 61.5 Å². The SMILES string of the molecule is Cc1ccc2ccccc2c1C(=O)Nc1cn[nH]c1C1=Nc2ccccc2C1. The van der Waals surface area contributed by atoms with Gasteiger partial charge < -0.3 is 5.32 Å². The molecule has 3 aromatic carbocycles. The molecule has 1 aliphatic heterocycles. The van der Waals surface area contributed by atoms with E-state index in [4.69, 9.17) is 4.99 Å². The third kappa shape index (κ3) is 2.68. The number of aliphatic imine (C=N–C) groups is 1. The Balaban J connectivity index is 1.49. The first kappa shape index (κ1) is 16.4. The number of para-hydroxylation sites is 1. The molecule has 0 aliphatic carbocycles. The van der Waals surface area contributed by atoms with Gasteiger partial charge in [0.15, 0.2) is 0 Å². The van der Waals surface area contributed by atoms with Gasteiger partial charge in [-0.3, -0.25) is 14.9 Å². The van der Waals surface area contributed by atoms with E-state index in [2.05, 4.69) is 21.6 Å². The number of carbonyl (C=O) groups is 1. The number of carbonyl (C=O) groups excluding carboxylic acids is 1. The molecule has 5 rings (SSSR count). The highest BCUT2D eigenvalue weighted by Crippen LogP contribution is 2.30. The lowest BCUT2D eigenvalue weighted by Gasteiger charge is -2.11. The highest BCUT2D eigenvalue weighted by atomic mass is 16.1. The van der Waals surface area contributed by atoms with Gasteiger partial charge in [-0.1, -0.05) is 54.6 Å². The van der Waals surface area contributed by atoms with Crippen LogP contribution in [0.5, 0.6) is 0 Å². The van der Waals surface area contributed by atoms with Crippen LogP contribution in [-0.4, -0.2) is 21.8 Å². The van der Waals surface area contributed by atoms with E-state index >= 15 is 0 Å². The number of aryl methyl sites for hydroxylation is 1. The van der Waals surface area contributed by atoms with E-state index in [0.29, 0.717) is 17.7 Å². The Kier molecular flexibility index (Phi) is 3.79. The molecule has 0 atom stereocenters. The summed E-state index contributed by atoms with van der Waals surface area (Å²) in [5.41, 5.74) is 6.03. The molecule has 0 saturated heterocycles. The molecule has 1 aromatic heterocycles. The fourth-order valence-corrected chi connectivity index (χ4v) is 3.75. The quantitative estimate of drug-likeness (QED) is 0.547. The Morgan fingerprint density at radius 2 is 1.86 bits per heavy atom. The summed E-state index contributed by atoms with van der Waals surface area (Å²) in [6, 6.07) is 20.0. The Bertz CT molecular complexity index is 1250. The van der Waals surface area contributed by atoms with Crippen molar-refractivity contribution in [1.82, 2.24) is 10.2 Å². The average Bonchev–Trinajstić information content (AvgIpc) is 3.34. The zero-order valence-electron chi connectivity index (χ0n) is 15.4. The Labute approximate surface area is 162 Å². The van der Waals surface area contributed by atoms with Gasteiger partial charge in [0.05, 0.1) is 28.8 Å². The van der Waals surface area contributed by atoms with Crippen LogP contribution in [0.1, 0.15) is 27.2 Å². The number of H-pyrrole nitrogens is 1. The molecular formula is C23H18N4O. The molecule has 0 spiro atoms. The Morgan fingerprint density at radius 3 is 2.75 bits per heavy atom. The maximum atomic E-state index is 13.1. The molecule has 2 heterocycles. The standard InChI is InChI=1S/C23H18N4O/c1-14-10-11-15-6-2-4-8-17(15)21(14)23(28)26-20-13-24-27-22(20)19-12-16-7-3-5-9-18(16)25-19/h2-11,13H,12H2,1H3,(H,24,27)(H,26,28). The number of anilines is 1. The van der Waals surface area contributed by atoms with Crippen LogP contribution in [-0.2, 0) is 6.42 Å². The minimum atomic E-state index is -0.145. The lowest BCUT2D eigenvalue weighted by atomic mass is 9.99. The number of nitrogens with one attached hydrogen (secondary N) is 2. The van der Waals surface area contributed by atoms with Crippen LogP contribution in [0.25, 0.3) is 10.8 Å². The van der Waals surface area contributed by atoms with Crippen molar-refractivity contribution in [3.8, 4) is 0 Å². The van der Waals surface area contributed by atoms with Gasteiger partial charge in [-0.05, 0) is 34.9 Å². The number of aromatic nitrogens is 2. The minimum Gasteiger partial charge on any atom is -0.319 e. The molecule has 0 fully saturated rings. The molecule has 4 aromatic rings. The summed E-state index contributed by atoms with van der Waals surface area (Å²) < 4.78 is 0. The van der Waals surface area contributed by atoms with Crippen molar-refractivity contribution in [1.29, 1.82) is 0 Å². The van der Waals surface area contributed by atoms with E-state index in [0.717, 1.165) is 33.4 Å². The van der Waals surface area contributed by atoms with Crippen molar-refractivity contribution in [2.75, 3.05) is 5.32 Å². The Morgan fingerprint density at radius 1 is 1.04 bits per heavy atom. The van der Waals surface area contributed by atoms with Gasteiger partial charge in [0.2, 0.25) is 0 Å². The number of hydrogen-bond donors (Lipinski definition) is 2. The topological polar surface area (TPSA) is 70.1 Å². The lowest BCUT2D eigenvalue weighted by Crippen LogP contribution is -2.16. The smallest absolute Gasteiger partial charge is 0.256 e. The second-order valence-electron chi connectivity index (χ2n) is 6.96. The Hall–Kier alpha value is -3.73. The van der Waals surface area contributed by atoms with Gasteiger partial charge >= 0.3 is 0 Å². The highest BCUT2D eigenvalue weighted by Gasteiger charge is 2.22. The van der Waals surface area contributed by atoms with Crippen LogP contribution in [0.2, 0.25) is 0 Å². The maximum Gasteiger partial charge on any atom is 0.256 e. The average molecular weight is 366 g/mol. The molecular weight excluding hydrogens is 348 g/mol. The van der Waals surface area contributed by atoms with E-state index < -0.39 is 0 Å². The van der Waals surface area contributed by atoms with Crippen molar-refractivity contribution in [3.05, 3.63) is 89.2 Å². The summed E-state index contributed by atoms with van der Waals surface area (Å²) in [6.45, 7) is 1.95. The van der Waals surface area contributed by atoms with Gasteiger partial charge in [0, 0.05) is 6.42 Å². The molecule has 0 unspecified atom stereocenters. The summed E-state index contributed by atoms with van der Waals surface area (Å²) in [5.74, 6) is -0.145. The predicted octanol–water partition coefficient (Wildman–Crippen LogP) is 4.80. The van der Waals surface area contributed by atoms with Crippen molar-refractivity contribution in [2.45, 2.75) is 13.3 Å². The monoisotopic (exact) mass is 366 g/mol. The molecule has 1 amide bonds. The van der Waals surface area contributed by atoms with Crippen LogP contribution in [0, 0.1) is 6.92 Å². The molecule has 2 N–H and O–H groups in total. The first-order chi connectivity index (χ1) is 13.7. The summed E-state index contributed by atoms with van der Waals surface area (Å²) in [5, 5.41) is 12.1. The summed E-state index contributed by atoms with van der Waals surface area (Å²) in [6.07, 6.45) is 2.35. The van der Waals surface area contributed by atoms with Crippen LogP contribution < -0.4 is 5.32 Å². The maximum absolute atomic E-state index is 13.1. The second-order valence-corrected chi connectivity index (χ2v) is 6.96. The van der Waals surface area contributed by atoms with E-state index in [1.165, 1.54) is 5.56 Å². The molecule has 5 nitrogen and oxygen atoms in total. The number of amides is 1. The third-order valence-corrected chi connectivity index (χ3v) is 5.15. The van der Waals surface area contributed by atoms with Gasteiger partial charge in [-0.15, -0.1) is 0 Å². The van der Waals surface area contributed by atoms with Crippen molar-refractivity contribution in [2.24, 2.45) is 4.99 Å². The van der Waals surface area contributed by atoms with Gasteiger partial charge in [-0.25, -0.2) is 0 Å². The zero-order valence-corrected chi connectivity index (χ0v) is 15.4. The third-order valence-electron chi connectivity index (χ3n) is 5.15. The van der Waals surface area contributed by atoms with Gasteiger partial charge in [-0.2, -0.15) is 5.10 Å². The number of benzene rings is 3. The molecule has 0 bridgehead atoms. The van der Waals surface area contributed by atoms with Crippen LogP contribution >= 0.6 is 0 Å². The number of rotatable bonds is 3. The van der Waals surface area contributed by atoms with Crippen molar-refractivity contribution >= 4 is 33.8 Å². The van der Waals surface area contributed by atoms with E-state index in [9.17, 15) is 4.79 Å². The summed E-state index contributed by atoms with van der Waals surface area (Å²) in [4.78, 5) is 17.8. The fourth-order valence-electron chi connectivity index (χ4n) is 3.75. The normalized spacial score (nSPS) is 12.7. The van der Waals surface area contributed by atoms with Crippen molar-refractivity contribution < 1.29 is 4.79 Å². The predicted molar refractivity (Wildman–Crippen MR) is 112 cm³/mol. The highest BCUT2D eigenvalue weighted by molar-refractivity contribution is 6.16. The second kappa shape index (κ2) is 6.46. The van der Waals surface area contributed by atoms with E-state index in [-0.39, 0.29) is 5.91 Å². The molecule has 28 heavy (non-hydrogen) atoms. The summed E-state index contributed by atoms with van der Waals surface area (Å²) in [7, 11) is 0. The van der Waals surface area contributed by atoms with Crippen LogP contribution in [0.3, 0.4) is 0 Å². The molecule has 1 aliphatic rings. The molecule has 0 radical (unpaired) electrons. The first-order valence-electron chi connectivity index (χ1n) is 9.19. The summed E-state index contributed by atoms with van der Waals surface area (Å²) >= 11 is 0. The molecule has 5 heteroatoms. The number of nitrogens with zero attached hydrogens (tertiary/aromatic N) is 2. The first-order valence-corrected chi connectivity index (χ1v) is 9.19. The van der Waals surface area contributed by atoms with Gasteiger partial charge in [0.25, 0.3) is 5.91 Å². The fraction of sp³-hybridized carbons (Fsp3) is 0.0870. The van der Waals surface area contributed by atoms with Crippen molar-refractivity contribution in [3.63, 3.8) is 0 Å². The molecule has 136 valence electrons. The van der Waals surface area contributed by atoms with Crippen LogP contribution in [0.15, 0.2) is 71.9 Å². The van der Waals surface area contributed by atoms with E-state index in [1.54, 1.807) is 6.20 Å². The minimum absolute atomic E-state index is 0.145. The number of aromatic amines is 1. The lowest BCUT2D eigenvalue weighted by molar-refractivity contribution is 0.102. The zero-order chi connectivity index (χ0) is 19.1. The number of fused-ring (bicyclic) bond motifs is 2. The van der Waals surface area contributed by atoms with Gasteiger partial charge in [0.1, 0.15) is 5.69 Å². The number of hydrogen-bond acceptors (Lipinski definition) is 3. The molecule has 0 saturated carbocycles. The van der Waals surface area contributed by atoms with Crippen LogP contribution in [0.4, 0.5) is 11.4 Å².